The number of benzene rings is 2. The maximum Gasteiger partial charge on any atom is 0.126 e. The lowest BCUT2D eigenvalue weighted by molar-refractivity contribution is 0.304. The molecule has 0 aromatic heterocycles. The summed E-state index contributed by atoms with van der Waals surface area (Å²) >= 11 is 2.25. The summed E-state index contributed by atoms with van der Waals surface area (Å²) in [6.07, 6.45) is 0. The maximum absolute atomic E-state index is 12.9. The lowest BCUT2D eigenvalue weighted by Crippen LogP contribution is -1.95. The van der Waals surface area contributed by atoms with Crippen LogP contribution in [-0.4, -0.2) is 0 Å². The fraction of sp³-hybridized carbons (Fsp3) is 0.0769. The van der Waals surface area contributed by atoms with Gasteiger partial charge in [0.05, 0.1) is 0 Å². The van der Waals surface area contributed by atoms with Gasteiger partial charge in [-0.15, -0.1) is 0 Å². The Morgan fingerprint density at radius 2 is 1.81 bits per heavy atom. The Hall–Kier alpha value is -1.10. The van der Waals surface area contributed by atoms with Crippen molar-refractivity contribution in [1.82, 2.24) is 0 Å². The molecular formula is C13H10FIO. The molecule has 3 heteroatoms. The average Bonchev–Trinajstić information content (AvgIpc) is 2.28. The van der Waals surface area contributed by atoms with Crippen LogP contribution in [0.4, 0.5) is 4.39 Å². The van der Waals surface area contributed by atoms with Gasteiger partial charge < -0.3 is 4.74 Å². The Balaban J connectivity index is 1.99. The van der Waals surface area contributed by atoms with Gasteiger partial charge in [0, 0.05) is 9.64 Å². The second-order valence-corrected chi connectivity index (χ2v) is 4.62. The zero-order valence-corrected chi connectivity index (χ0v) is 10.6. The summed E-state index contributed by atoms with van der Waals surface area (Å²) < 4.78 is 19.5. The Labute approximate surface area is 107 Å². The molecule has 0 spiro atoms. The van der Waals surface area contributed by atoms with Crippen LogP contribution in [0, 0.1) is 9.39 Å². The molecule has 0 N–H and O–H groups in total. The average molecular weight is 328 g/mol. The standard InChI is InChI=1S/C13H10FIO/c14-11-2-1-3-13(8-11)16-9-10-4-6-12(15)7-5-10/h1-8H,9H2. The normalized spacial score (nSPS) is 10.1. The van der Waals surface area contributed by atoms with Crippen molar-refractivity contribution in [3.63, 3.8) is 0 Å². The van der Waals surface area contributed by atoms with Gasteiger partial charge in [0.2, 0.25) is 0 Å². The molecule has 0 saturated carbocycles. The number of rotatable bonds is 3. The summed E-state index contributed by atoms with van der Waals surface area (Å²) in [5.74, 6) is 0.277. The van der Waals surface area contributed by atoms with Crippen molar-refractivity contribution in [2.24, 2.45) is 0 Å². The number of hydrogen-bond donors (Lipinski definition) is 0. The van der Waals surface area contributed by atoms with E-state index >= 15 is 0 Å². The van der Waals surface area contributed by atoms with E-state index in [0.717, 1.165) is 5.56 Å². The zero-order valence-electron chi connectivity index (χ0n) is 8.49. The summed E-state index contributed by atoms with van der Waals surface area (Å²) in [6, 6.07) is 14.2. The van der Waals surface area contributed by atoms with Gasteiger partial charge in [0.25, 0.3) is 0 Å². The molecular weight excluding hydrogens is 318 g/mol. The molecule has 0 saturated heterocycles. The molecule has 0 aliphatic heterocycles. The lowest BCUT2D eigenvalue weighted by Gasteiger charge is -2.06. The number of hydrogen-bond acceptors (Lipinski definition) is 1. The Bertz CT molecular complexity index is 468. The first-order valence-electron chi connectivity index (χ1n) is 4.87. The second-order valence-electron chi connectivity index (χ2n) is 3.37. The molecule has 16 heavy (non-hydrogen) atoms. The van der Waals surface area contributed by atoms with Gasteiger partial charge in [0.1, 0.15) is 18.2 Å². The number of ether oxygens (including phenoxy) is 1. The van der Waals surface area contributed by atoms with Gasteiger partial charge in [-0.05, 0) is 52.4 Å². The third-order valence-corrected chi connectivity index (χ3v) is 2.83. The highest BCUT2D eigenvalue weighted by Gasteiger charge is 1.97. The van der Waals surface area contributed by atoms with Crippen LogP contribution >= 0.6 is 22.6 Å². The van der Waals surface area contributed by atoms with Crippen molar-refractivity contribution in [3.05, 3.63) is 63.5 Å². The topological polar surface area (TPSA) is 9.23 Å². The van der Waals surface area contributed by atoms with Crippen molar-refractivity contribution in [3.8, 4) is 5.75 Å². The summed E-state index contributed by atoms with van der Waals surface area (Å²) in [5, 5.41) is 0. The Kier molecular flexibility index (Phi) is 3.77. The quantitative estimate of drug-likeness (QED) is 0.774. The molecule has 0 aliphatic rings. The van der Waals surface area contributed by atoms with Crippen molar-refractivity contribution in [1.29, 1.82) is 0 Å². The summed E-state index contributed by atoms with van der Waals surface area (Å²) in [5.41, 5.74) is 1.07. The maximum atomic E-state index is 12.9. The van der Waals surface area contributed by atoms with Gasteiger partial charge in [-0.25, -0.2) is 4.39 Å². The molecule has 0 radical (unpaired) electrons. The molecule has 2 aromatic rings. The summed E-state index contributed by atoms with van der Waals surface area (Å²) in [6.45, 7) is 0.459. The van der Waals surface area contributed by atoms with Gasteiger partial charge in [0.15, 0.2) is 0 Å². The SMILES string of the molecule is Fc1cccc(OCc2ccc(I)cc2)c1. The largest absolute Gasteiger partial charge is 0.489 e. The van der Waals surface area contributed by atoms with Crippen molar-refractivity contribution < 1.29 is 9.13 Å². The minimum atomic E-state index is -0.278. The highest BCUT2D eigenvalue weighted by Crippen LogP contribution is 2.14. The van der Waals surface area contributed by atoms with Crippen LogP contribution in [0.25, 0.3) is 0 Å². The molecule has 2 rings (SSSR count). The smallest absolute Gasteiger partial charge is 0.126 e. The third kappa shape index (κ3) is 3.20. The van der Waals surface area contributed by atoms with Crippen LogP contribution in [0.1, 0.15) is 5.56 Å². The van der Waals surface area contributed by atoms with E-state index < -0.39 is 0 Å². The van der Waals surface area contributed by atoms with E-state index in [4.69, 9.17) is 4.74 Å². The highest BCUT2D eigenvalue weighted by atomic mass is 127. The van der Waals surface area contributed by atoms with E-state index in [-0.39, 0.29) is 5.82 Å². The van der Waals surface area contributed by atoms with E-state index in [0.29, 0.717) is 12.4 Å². The Morgan fingerprint density at radius 3 is 2.50 bits per heavy atom. The molecule has 0 amide bonds. The molecule has 82 valence electrons. The minimum absolute atomic E-state index is 0.278. The van der Waals surface area contributed by atoms with E-state index in [1.807, 2.05) is 24.3 Å². The highest BCUT2D eigenvalue weighted by molar-refractivity contribution is 14.1. The predicted molar refractivity (Wildman–Crippen MR) is 69.9 cm³/mol. The number of halogens is 2. The first-order chi connectivity index (χ1) is 7.74. The van der Waals surface area contributed by atoms with Crippen LogP contribution in [-0.2, 0) is 6.61 Å². The van der Waals surface area contributed by atoms with E-state index in [9.17, 15) is 4.39 Å². The molecule has 1 nitrogen and oxygen atoms in total. The predicted octanol–water partition coefficient (Wildman–Crippen LogP) is 4.01. The first kappa shape index (κ1) is 11.4. The van der Waals surface area contributed by atoms with Crippen LogP contribution < -0.4 is 4.74 Å². The summed E-state index contributed by atoms with van der Waals surface area (Å²) in [7, 11) is 0. The molecule has 0 unspecified atom stereocenters. The zero-order chi connectivity index (χ0) is 11.4. The van der Waals surface area contributed by atoms with Gasteiger partial charge in [-0.1, -0.05) is 18.2 Å². The monoisotopic (exact) mass is 328 g/mol. The fourth-order valence-corrected chi connectivity index (χ4v) is 1.66. The van der Waals surface area contributed by atoms with Crippen LogP contribution in [0.15, 0.2) is 48.5 Å². The molecule has 2 aromatic carbocycles. The van der Waals surface area contributed by atoms with Crippen LogP contribution in [0.5, 0.6) is 5.75 Å². The lowest BCUT2D eigenvalue weighted by atomic mass is 10.2. The van der Waals surface area contributed by atoms with E-state index in [1.165, 1.54) is 15.7 Å². The van der Waals surface area contributed by atoms with E-state index in [1.54, 1.807) is 12.1 Å². The van der Waals surface area contributed by atoms with Gasteiger partial charge in [-0.3, -0.25) is 0 Å². The van der Waals surface area contributed by atoms with Gasteiger partial charge >= 0.3 is 0 Å². The Morgan fingerprint density at radius 1 is 1.06 bits per heavy atom. The van der Waals surface area contributed by atoms with Crippen molar-refractivity contribution >= 4 is 22.6 Å². The first-order valence-corrected chi connectivity index (χ1v) is 5.95. The second kappa shape index (κ2) is 5.30. The van der Waals surface area contributed by atoms with E-state index in [2.05, 4.69) is 22.6 Å². The van der Waals surface area contributed by atoms with Crippen LogP contribution in [0.3, 0.4) is 0 Å². The van der Waals surface area contributed by atoms with Gasteiger partial charge in [-0.2, -0.15) is 0 Å². The molecule has 0 heterocycles. The fourth-order valence-electron chi connectivity index (χ4n) is 1.30. The molecule has 0 atom stereocenters. The van der Waals surface area contributed by atoms with Crippen molar-refractivity contribution in [2.75, 3.05) is 0 Å². The molecule has 0 bridgehead atoms. The molecule has 0 aliphatic carbocycles. The van der Waals surface area contributed by atoms with Crippen LogP contribution in [0.2, 0.25) is 0 Å². The molecule has 0 fully saturated rings. The van der Waals surface area contributed by atoms with Crippen molar-refractivity contribution in [2.45, 2.75) is 6.61 Å². The third-order valence-electron chi connectivity index (χ3n) is 2.11. The summed E-state index contributed by atoms with van der Waals surface area (Å²) in [4.78, 5) is 0. The minimum Gasteiger partial charge on any atom is -0.489 e.